The van der Waals surface area contributed by atoms with Crippen LogP contribution in [0, 0.1) is 6.92 Å². The van der Waals surface area contributed by atoms with Gasteiger partial charge in [-0.25, -0.2) is 4.79 Å². The van der Waals surface area contributed by atoms with Crippen LogP contribution >= 0.6 is 7.60 Å². The molecular formula is C12H19N2O7P. The van der Waals surface area contributed by atoms with Gasteiger partial charge in [0.25, 0.3) is 5.56 Å². The zero-order valence-corrected chi connectivity index (χ0v) is 13.4. The molecule has 9 nitrogen and oxygen atoms in total. The summed E-state index contributed by atoms with van der Waals surface area (Å²) in [7, 11) is -2.24. The smallest absolute Gasteiger partial charge is 0.330 e. The maximum absolute atomic E-state index is 11.9. The molecule has 22 heavy (non-hydrogen) atoms. The predicted octanol–water partition coefficient (Wildman–Crippen LogP) is -0.0207. The van der Waals surface area contributed by atoms with E-state index in [-0.39, 0.29) is 13.0 Å². The lowest BCUT2D eigenvalue weighted by Crippen LogP contribution is -2.33. The first-order valence-electron chi connectivity index (χ1n) is 6.66. The lowest BCUT2D eigenvalue weighted by molar-refractivity contribution is -0.0519. The SMILES string of the molecule is COC[C@H]1O[C@@H](n2cc(C)c(=O)[nH]c2=O)C[C@H]1OP(C)(=O)O. The minimum absolute atomic E-state index is 0.151. The number of hydrogen-bond acceptors (Lipinski definition) is 6. The molecular weight excluding hydrogens is 315 g/mol. The van der Waals surface area contributed by atoms with Crippen LogP contribution in [0.1, 0.15) is 18.2 Å². The van der Waals surface area contributed by atoms with E-state index in [4.69, 9.17) is 14.0 Å². The number of rotatable bonds is 5. The molecule has 1 fully saturated rings. The summed E-state index contributed by atoms with van der Waals surface area (Å²) in [6, 6.07) is 0. The molecule has 1 aromatic rings. The van der Waals surface area contributed by atoms with Gasteiger partial charge in [0.1, 0.15) is 12.3 Å². The van der Waals surface area contributed by atoms with Crippen LogP contribution in [0.4, 0.5) is 0 Å². The maximum atomic E-state index is 11.9. The first-order chi connectivity index (χ1) is 10.2. The number of hydrogen-bond donors (Lipinski definition) is 2. The van der Waals surface area contributed by atoms with Gasteiger partial charge in [0, 0.05) is 32.0 Å². The largest absolute Gasteiger partial charge is 0.382 e. The van der Waals surface area contributed by atoms with Crippen LogP contribution in [0.5, 0.6) is 0 Å². The van der Waals surface area contributed by atoms with Crippen molar-refractivity contribution < 1.29 is 23.5 Å². The Kier molecular flexibility index (Phi) is 5.03. The Morgan fingerprint density at radius 2 is 2.23 bits per heavy atom. The average Bonchev–Trinajstić information content (AvgIpc) is 2.75. The predicted molar refractivity (Wildman–Crippen MR) is 77.1 cm³/mol. The highest BCUT2D eigenvalue weighted by Crippen LogP contribution is 2.43. The third kappa shape index (κ3) is 3.93. The number of nitrogens with one attached hydrogen (secondary N) is 1. The number of aromatic amines is 1. The Balaban J connectivity index is 2.27. The van der Waals surface area contributed by atoms with Crippen molar-refractivity contribution in [3.8, 4) is 0 Å². The molecule has 1 saturated heterocycles. The molecule has 10 heteroatoms. The van der Waals surface area contributed by atoms with E-state index in [2.05, 4.69) is 4.98 Å². The van der Waals surface area contributed by atoms with Crippen molar-refractivity contribution in [2.24, 2.45) is 0 Å². The van der Waals surface area contributed by atoms with Gasteiger partial charge < -0.3 is 18.9 Å². The van der Waals surface area contributed by atoms with Gasteiger partial charge in [-0.05, 0) is 6.92 Å². The maximum Gasteiger partial charge on any atom is 0.330 e. The lowest BCUT2D eigenvalue weighted by Gasteiger charge is -2.19. The molecule has 1 aromatic heterocycles. The van der Waals surface area contributed by atoms with Crippen molar-refractivity contribution in [1.82, 2.24) is 9.55 Å². The highest BCUT2D eigenvalue weighted by molar-refractivity contribution is 7.51. The number of H-pyrrole nitrogens is 1. The summed E-state index contributed by atoms with van der Waals surface area (Å²) in [5.74, 6) is 0. The van der Waals surface area contributed by atoms with Gasteiger partial charge in [-0.15, -0.1) is 0 Å². The van der Waals surface area contributed by atoms with Gasteiger partial charge in [-0.3, -0.25) is 18.9 Å². The van der Waals surface area contributed by atoms with Crippen LogP contribution in [-0.2, 0) is 18.6 Å². The Morgan fingerprint density at radius 1 is 1.55 bits per heavy atom. The Hall–Kier alpha value is -1.25. The number of aryl methyl sites for hydroxylation is 1. The van der Waals surface area contributed by atoms with Crippen molar-refractivity contribution in [2.45, 2.75) is 31.8 Å². The van der Waals surface area contributed by atoms with Crippen molar-refractivity contribution in [3.63, 3.8) is 0 Å². The zero-order chi connectivity index (χ0) is 16.5. The fourth-order valence-corrected chi connectivity index (χ4v) is 3.07. The molecule has 4 atom stereocenters. The summed E-state index contributed by atoms with van der Waals surface area (Å²) in [4.78, 5) is 34.9. The van der Waals surface area contributed by atoms with Crippen molar-refractivity contribution in [1.29, 1.82) is 0 Å². The van der Waals surface area contributed by atoms with E-state index >= 15 is 0 Å². The monoisotopic (exact) mass is 334 g/mol. The summed E-state index contributed by atoms with van der Waals surface area (Å²) >= 11 is 0. The Bertz CT molecular complexity index is 691. The van der Waals surface area contributed by atoms with Crippen LogP contribution < -0.4 is 11.2 Å². The average molecular weight is 334 g/mol. The first kappa shape index (κ1) is 17.1. The normalized spacial score (nSPS) is 27.7. The molecule has 1 aliphatic heterocycles. The Labute approximate surface area is 126 Å². The van der Waals surface area contributed by atoms with Crippen molar-refractivity contribution in [2.75, 3.05) is 20.4 Å². The summed E-state index contributed by atoms with van der Waals surface area (Å²) < 4.78 is 28.5. The van der Waals surface area contributed by atoms with Gasteiger partial charge in [-0.1, -0.05) is 0 Å². The molecule has 0 aromatic carbocycles. The molecule has 1 aliphatic rings. The van der Waals surface area contributed by atoms with Crippen LogP contribution in [0.2, 0.25) is 0 Å². The van der Waals surface area contributed by atoms with E-state index < -0.39 is 37.3 Å². The van der Waals surface area contributed by atoms with E-state index in [1.165, 1.54) is 17.9 Å². The molecule has 0 spiro atoms. The lowest BCUT2D eigenvalue weighted by atomic mass is 10.2. The number of ether oxygens (including phenoxy) is 2. The molecule has 0 radical (unpaired) electrons. The standard InChI is InChI=1S/C12H19N2O7P/c1-7-5-14(12(16)13-11(7)15)10-4-8(21-22(3,17)18)9(20-10)6-19-2/h5,8-10H,4,6H2,1-3H3,(H,17,18)(H,13,15,16)/t8-,9-,10-/m1/s1. The molecule has 0 bridgehead atoms. The summed E-state index contributed by atoms with van der Waals surface area (Å²) in [6.07, 6.45) is -0.403. The second-order valence-corrected chi connectivity index (χ2v) is 7.06. The second kappa shape index (κ2) is 6.47. The van der Waals surface area contributed by atoms with E-state index in [0.717, 1.165) is 6.66 Å². The van der Waals surface area contributed by atoms with Gasteiger partial charge in [0.2, 0.25) is 0 Å². The van der Waals surface area contributed by atoms with E-state index in [0.29, 0.717) is 5.56 Å². The fraction of sp³-hybridized carbons (Fsp3) is 0.667. The van der Waals surface area contributed by atoms with Crippen LogP contribution in [0.25, 0.3) is 0 Å². The summed E-state index contributed by atoms with van der Waals surface area (Å²) in [5, 5.41) is 0. The molecule has 2 N–H and O–H groups in total. The van der Waals surface area contributed by atoms with Gasteiger partial charge in [0.05, 0.1) is 12.7 Å². The minimum Gasteiger partial charge on any atom is -0.382 e. The van der Waals surface area contributed by atoms with Crippen molar-refractivity contribution in [3.05, 3.63) is 32.6 Å². The third-order valence-electron chi connectivity index (χ3n) is 3.30. The number of nitrogens with zero attached hydrogens (tertiary/aromatic N) is 1. The van der Waals surface area contributed by atoms with Gasteiger partial charge >= 0.3 is 13.3 Å². The molecule has 0 aliphatic carbocycles. The summed E-state index contributed by atoms with van der Waals surface area (Å²) in [5.41, 5.74) is -0.714. The molecule has 124 valence electrons. The number of methoxy groups -OCH3 is 1. The van der Waals surface area contributed by atoms with Crippen molar-refractivity contribution >= 4 is 7.60 Å². The number of aromatic nitrogens is 2. The molecule has 2 rings (SSSR count). The quantitative estimate of drug-likeness (QED) is 0.726. The first-order valence-corrected chi connectivity index (χ1v) is 8.69. The highest BCUT2D eigenvalue weighted by Gasteiger charge is 2.40. The third-order valence-corrected chi connectivity index (χ3v) is 3.96. The van der Waals surface area contributed by atoms with Gasteiger partial charge in [-0.2, -0.15) is 0 Å². The van der Waals surface area contributed by atoms with Crippen LogP contribution in [0.3, 0.4) is 0 Å². The van der Waals surface area contributed by atoms with Crippen LogP contribution in [-0.4, -0.2) is 47.0 Å². The van der Waals surface area contributed by atoms with E-state index in [1.54, 1.807) is 6.92 Å². The molecule has 1 unspecified atom stereocenters. The topological polar surface area (TPSA) is 120 Å². The van der Waals surface area contributed by atoms with E-state index in [9.17, 15) is 19.0 Å². The highest BCUT2D eigenvalue weighted by atomic mass is 31.2. The zero-order valence-electron chi connectivity index (χ0n) is 12.5. The molecule has 0 amide bonds. The molecule has 2 heterocycles. The fourth-order valence-electron chi connectivity index (χ4n) is 2.35. The second-order valence-electron chi connectivity index (χ2n) is 5.25. The summed E-state index contributed by atoms with van der Waals surface area (Å²) in [6.45, 7) is 2.80. The van der Waals surface area contributed by atoms with Crippen LogP contribution in [0.15, 0.2) is 15.8 Å². The molecule has 0 saturated carbocycles. The Morgan fingerprint density at radius 3 is 2.82 bits per heavy atom. The van der Waals surface area contributed by atoms with E-state index in [1.807, 2.05) is 0 Å². The minimum atomic E-state index is -3.70. The van der Waals surface area contributed by atoms with Gasteiger partial charge in [0.15, 0.2) is 0 Å².